The molecule has 8 nitrogen and oxygen atoms in total. The van der Waals surface area contributed by atoms with Crippen molar-refractivity contribution >= 4 is 29.0 Å². The maximum atomic E-state index is 12.2. The molecule has 3 aromatic rings. The SMILES string of the molecule is COc1ccc(NC(=O)CSc2ccc3nnc(C)n3n2)c(OC)c1. The summed E-state index contributed by atoms with van der Waals surface area (Å²) in [5.74, 6) is 1.96. The molecule has 0 saturated heterocycles. The first-order valence-corrected chi connectivity index (χ1v) is 8.43. The van der Waals surface area contributed by atoms with E-state index in [2.05, 4.69) is 20.6 Å². The molecule has 0 aliphatic heterocycles. The Kier molecular flexibility index (Phi) is 5.03. The van der Waals surface area contributed by atoms with Crippen LogP contribution in [-0.4, -0.2) is 45.7 Å². The summed E-state index contributed by atoms with van der Waals surface area (Å²) in [7, 11) is 3.12. The number of hydrogen-bond donors (Lipinski definition) is 1. The summed E-state index contributed by atoms with van der Waals surface area (Å²) >= 11 is 1.33. The molecule has 1 aromatic carbocycles. The first kappa shape index (κ1) is 17.0. The average molecular weight is 359 g/mol. The van der Waals surface area contributed by atoms with Gasteiger partial charge in [-0.15, -0.1) is 10.2 Å². The van der Waals surface area contributed by atoms with Gasteiger partial charge < -0.3 is 14.8 Å². The van der Waals surface area contributed by atoms with Crippen molar-refractivity contribution in [1.29, 1.82) is 0 Å². The fourth-order valence-electron chi connectivity index (χ4n) is 2.18. The summed E-state index contributed by atoms with van der Waals surface area (Å²) in [6.45, 7) is 1.82. The second-order valence-corrected chi connectivity index (χ2v) is 6.09. The zero-order valence-corrected chi connectivity index (χ0v) is 14.8. The molecule has 3 rings (SSSR count). The number of fused-ring (bicyclic) bond motifs is 1. The fourth-order valence-corrected chi connectivity index (χ4v) is 2.84. The largest absolute Gasteiger partial charge is 0.497 e. The number of thioether (sulfide) groups is 1. The fraction of sp³-hybridized carbons (Fsp3) is 0.250. The van der Waals surface area contributed by atoms with Gasteiger partial charge in [0.2, 0.25) is 5.91 Å². The monoisotopic (exact) mass is 359 g/mol. The van der Waals surface area contributed by atoms with Crippen LogP contribution in [0.1, 0.15) is 5.82 Å². The Hall–Kier alpha value is -2.81. The van der Waals surface area contributed by atoms with Crippen molar-refractivity contribution in [3.63, 3.8) is 0 Å². The predicted molar refractivity (Wildman–Crippen MR) is 94.4 cm³/mol. The van der Waals surface area contributed by atoms with Crippen LogP contribution in [0.5, 0.6) is 11.5 Å². The number of aromatic nitrogens is 4. The molecule has 1 N–H and O–H groups in total. The van der Waals surface area contributed by atoms with Crippen LogP contribution < -0.4 is 14.8 Å². The van der Waals surface area contributed by atoms with Crippen LogP contribution in [-0.2, 0) is 4.79 Å². The molecule has 25 heavy (non-hydrogen) atoms. The molecule has 1 amide bonds. The third-order valence-electron chi connectivity index (χ3n) is 3.43. The quantitative estimate of drug-likeness (QED) is 0.675. The molecule has 0 aliphatic carbocycles. The Morgan fingerprint density at radius 1 is 1.20 bits per heavy atom. The Morgan fingerprint density at radius 3 is 2.80 bits per heavy atom. The summed E-state index contributed by atoms with van der Waals surface area (Å²) in [5, 5.41) is 15.9. The minimum Gasteiger partial charge on any atom is -0.497 e. The number of rotatable bonds is 6. The van der Waals surface area contributed by atoms with Gasteiger partial charge in [0.25, 0.3) is 0 Å². The number of anilines is 1. The lowest BCUT2D eigenvalue weighted by Gasteiger charge is -2.11. The van der Waals surface area contributed by atoms with Gasteiger partial charge in [-0.3, -0.25) is 4.79 Å². The van der Waals surface area contributed by atoms with Crippen LogP contribution in [0.25, 0.3) is 5.65 Å². The van der Waals surface area contributed by atoms with Crippen LogP contribution in [0.2, 0.25) is 0 Å². The maximum Gasteiger partial charge on any atom is 0.234 e. The summed E-state index contributed by atoms with van der Waals surface area (Å²) in [5.41, 5.74) is 1.27. The highest BCUT2D eigenvalue weighted by Gasteiger charge is 2.11. The molecule has 0 fully saturated rings. The number of carbonyl (C=O) groups is 1. The number of ether oxygens (including phenoxy) is 2. The van der Waals surface area contributed by atoms with E-state index in [-0.39, 0.29) is 11.7 Å². The molecule has 0 aliphatic rings. The third-order valence-corrected chi connectivity index (χ3v) is 4.35. The van der Waals surface area contributed by atoms with Crippen LogP contribution in [0.3, 0.4) is 0 Å². The van der Waals surface area contributed by atoms with Crippen LogP contribution in [0.15, 0.2) is 35.4 Å². The van der Waals surface area contributed by atoms with Crippen molar-refractivity contribution in [2.45, 2.75) is 11.9 Å². The van der Waals surface area contributed by atoms with Crippen molar-refractivity contribution in [2.75, 3.05) is 25.3 Å². The molecule has 0 spiro atoms. The van der Waals surface area contributed by atoms with E-state index in [1.165, 1.54) is 11.8 Å². The molecule has 0 radical (unpaired) electrons. The zero-order chi connectivity index (χ0) is 17.8. The van der Waals surface area contributed by atoms with Crippen molar-refractivity contribution in [3.8, 4) is 11.5 Å². The van der Waals surface area contributed by atoms with Gasteiger partial charge in [-0.2, -0.15) is 9.61 Å². The molecule has 0 unspecified atom stereocenters. The molecule has 0 atom stereocenters. The van der Waals surface area contributed by atoms with E-state index < -0.39 is 0 Å². The molecule has 0 bridgehead atoms. The molecular weight excluding hydrogens is 342 g/mol. The van der Waals surface area contributed by atoms with E-state index in [0.717, 1.165) is 0 Å². The predicted octanol–water partition coefficient (Wildman–Crippen LogP) is 2.18. The lowest BCUT2D eigenvalue weighted by Crippen LogP contribution is -2.15. The highest BCUT2D eigenvalue weighted by Crippen LogP contribution is 2.29. The zero-order valence-electron chi connectivity index (χ0n) is 14.0. The highest BCUT2D eigenvalue weighted by atomic mass is 32.2. The van der Waals surface area contributed by atoms with Gasteiger partial charge in [-0.05, 0) is 31.2 Å². The van der Waals surface area contributed by atoms with Crippen LogP contribution in [0, 0.1) is 6.92 Å². The van der Waals surface area contributed by atoms with Gasteiger partial charge in [0.15, 0.2) is 11.5 Å². The van der Waals surface area contributed by atoms with E-state index >= 15 is 0 Å². The van der Waals surface area contributed by atoms with Gasteiger partial charge in [0.1, 0.15) is 16.5 Å². The maximum absolute atomic E-state index is 12.2. The van der Waals surface area contributed by atoms with Gasteiger partial charge >= 0.3 is 0 Å². The number of amides is 1. The average Bonchev–Trinajstić information content (AvgIpc) is 3.01. The van der Waals surface area contributed by atoms with E-state index in [4.69, 9.17) is 9.47 Å². The Morgan fingerprint density at radius 2 is 2.04 bits per heavy atom. The van der Waals surface area contributed by atoms with E-state index in [1.807, 2.05) is 19.1 Å². The van der Waals surface area contributed by atoms with Gasteiger partial charge in [0, 0.05) is 6.07 Å². The van der Waals surface area contributed by atoms with E-state index in [0.29, 0.717) is 33.7 Å². The lowest BCUT2D eigenvalue weighted by atomic mass is 10.2. The lowest BCUT2D eigenvalue weighted by molar-refractivity contribution is -0.113. The van der Waals surface area contributed by atoms with Gasteiger partial charge in [-0.1, -0.05) is 11.8 Å². The summed E-state index contributed by atoms with van der Waals surface area (Å²) in [4.78, 5) is 12.2. The van der Waals surface area contributed by atoms with Gasteiger partial charge in [0.05, 0.1) is 25.7 Å². The van der Waals surface area contributed by atoms with Crippen molar-refractivity contribution < 1.29 is 14.3 Å². The minimum absolute atomic E-state index is 0.157. The third kappa shape index (κ3) is 3.82. The number of nitrogens with zero attached hydrogens (tertiary/aromatic N) is 4. The normalized spacial score (nSPS) is 10.7. The second-order valence-electron chi connectivity index (χ2n) is 5.09. The molecule has 0 saturated carbocycles. The molecule has 2 heterocycles. The molecular formula is C16H17N5O3S. The number of hydrogen-bond acceptors (Lipinski definition) is 7. The van der Waals surface area contributed by atoms with Gasteiger partial charge in [-0.25, -0.2) is 0 Å². The molecule has 9 heteroatoms. The molecule has 2 aromatic heterocycles. The number of aryl methyl sites for hydroxylation is 1. The van der Waals surface area contributed by atoms with E-state index in [9.17, 15) is 4.79 Å². The Balaban J connectivity index is 1.65. The topological polar surface area (TPSA) is 90.6 Å². The number of methoxy groups -OCH3 is 2. The standard InChI is InChI=1S/C16H17N5O3S/c1-10-18-19-14-6-7-16(20-21(10)14)25-9-15(22)17-12-5-4-11(23-2)8-13(12)24-3/h4-8H,9H2,1-3H3,(H,17,22). The summed E-state index contributed by atoms with van der Waals surface area (Å²) < 4.78 is 12.1. The van der Waals surface area contributed by atoms with Crippen molar-refractivity contribution in [2.24, 2.45) is 0 Å². The van der Waals surface area contributed by atoms with Crippen molar-refractivity contribution in [3.05, 3.63) is 36.2 Å². The van der Waals surface area contributed by atoms with Crippen LogP contribution >= 0.6 is 11.8 Å². The Labute approximate surface area is 148 Å². The van der Waals surface area contributed by atoms with Crippen molar-refractivity contribution in [1.82, 2.24) is 19.8 Å². The highest BCUT2D eigenvalue weighted by molar-refractivity contribution is 7.99. The number of nitrogens with one attached hydrogen (secondary N) is 1. The Bertz CT molecular complexity index is 912. The second kappa shape index (κ2) is 7.39. The molecule has 130 valence electrons. The van der Waals surface area contributed by atoms with Crippen LogP contribution in [0.4, 0.5) is 5.69 Å². The van der Waals surface area contributed by atoms with E-state index in [1.54, 1.807) is 36.9 Å². The minimum atomic E-state index is -0.157. The first-order valence-electron chi connectivity index (χ1n) is 7.44. The summed E-state index contributed by atoms with van der Waals surface area (Å²) in [6, 6.07) is 8.85. The number of benzene rings is 1. The first-order chi connectivity index (χ1) is 12.1. The number of carbonyl (C=O) groups excluding carboxylic acids is 1. The smallest absolute Gasteiger partial charge is 0.234 e. The summed E-state index contributed by atoms with van der Waals surface area (Å²) in [6.07, 6.45) is 0.